The molecule has 6 atom stereocenters. The van der Waals surface area contributed by atoms with Gasteiger partial charge in [0, 0.05) is 0 Å². The molecule has 30 heavy (non-hydrogen) atoms. The summed E-state index contributed by atoms with van der Waals surface area (Å²) in [4.78, 5) is 48.5. The highest BCUT2D eigenvalue weighted by Gasteiger charge is 2.34. The normalized spacial score (nSPS) is 17.2. The number of rotatable bonds is 13. The zero-order chi connectivity index (χ0) is 23.6. The van der Waals surface area contributed by atoms with Crippen molar-refractivity contribution in [2.75, 3.05) is 12.0 Å². The molecule has 0 saturated heterocycles. The summed E-state index contributed by atoms with van der Waals surface area (Å²) in [6, 6.07) is -4.95. The number of aliphatic hydroxyl groups excluding tert-OH is 2. The molecule has 0 aromatic carbocycles. The number of carbonyl (C=O) groups excluding carboxylic acids is 3. The van der Waals surface area contributed by atoms with Gasteiger partial charge in [-0.1, -0.05) is 13.8 Å². The minimum absolute atomic E-state index is 0.358. The second-order valence-corrected chi connectivity index (χ2v) is 8.40. The first-order valence-electron chi connectivity index (χ1n) is 9.58. The van der Waals surface area contributed by atoms with Crippen LogP contribution in [0.4, 0.5) is 0 Å². The third kappa shape index (κ3) is 9.28. The Kier molecular flexibility index (Phi) is 12.6. The Morgan fingerprint density at radius 3 is 1.67 bits per heavy atom. The van der Waals surface area contributed by atoms with E-state index in [4.69, 9.17) is 10.8 Å². The Bertz CT molecular complexity index is 601. The summed E-state index contributed by atoms with van der Waals surface area (Å²) in [5.41, 5.74) is 5.82. The maximum Gasteiger partial charge on any atom is 0.328 e. The van der Waals surface area contributed by atoms with Crippen molar-refractivity contribution in [1.82, 2.24) is 16.0 Å². The molecule has 0 radical (unpaired) electrons. The Labute approximate surface area is 180 Å². The van der Waals surface area contributed by atoms with Crippen LogP contribution in [0.3, 0.4) is 0 Å². The number of carbonyl (C=O) groups is 4. The van der Waals surface area contributed by atoms with Gasteiger partial charge in [-0.25, -0.2) is 4.79 Å². The molecule has 0 aromatic rings. The van der Waals surface area contributed by atoms with Crippen LogP contribution in [0, 0.1) is 5.92 Å². The zero-order valence-corrected chi connectivity index (χ0v) is 18.7. The molecular formula is C18H34N4O7S. The molecule has 11 nitrogen and oxygen atoms in total. The van der Waals surface area contributed by atoms with E-state index in [-0.39, 0.29) is 5.92 Å². The van der Waals surface area contributed by atoms with E-state index in [9.17, 15) is 29.4 Å². The molecule has 0 bridgehead atoms. The van der Waals surface area contributed by atoms with E-state index in [1.807, 2.05) is 6.26 Å². The van der Waals surface area contributed by atoms with Crippen LogP contribution in [0.25, 0.3) is 0 Å². The minimum atomic E-state index is -1.62. The van der Waals surface area contributed by atoms with Crippen LogP contribution in [0.1, 0.15) is 34.1 Å². The number of nitrogens with one attached hydrogen (secondary N) is 3. The number of aliphatic hydroxyl groups is 2. The summed E-state index contributed by atoms with van der Waals surface area (Å²) in [6.07, 6.45) is -0.469. The van der Waals surface area contributed by atoms with E-state index in [1.54, 1.807) is 13.8 Å². The predicted octanol–water partition coefficient (Wildman–Crippen LogP) is -1.98. The number of nitrogens with two attached hydrogens (primary N) is 1. The smallest absolute Gasteiger partial charge is 0.328 e. The van der Waals surface area contributed by atoms with Gasteiger partial charge in [-0.05, 0) is 38.2 Å². The molecule has 0 aliphatic heterocycles. The van der Waals surface area contributed by atoms with Crippen molar-refractivity contribution in [1.29, 1.82) is 0 Å². The maximum absolute atomic E-state index is 12.7. The number of hydrogen-bond donors (Lipinski definition) is 7. The Balaban J connectivity index is 5.29. The van der Waals surface area contributed by atoms with Gasteiger partial charge in [0.05, 0.1) is 18.2 Å². The van der Waals surface area contributed by atoms with Crippen LogP contribution < -0.4 is 21.7 Å². The van der Waals surface area contributed by atoms with Crippen molar-refractivity contribution in [2.24, 2.45) is 11.7 Å². The third-order valence-electron chi connectivity index (χ3n) is 4.33. The molecule has 0 fully saturated rings. The predicted molar refractivity (Wildman–Crippen MR) is 113 cm³/mol. The molecule has 12 heteroatoms. The molecule has 174 valence electrons. The molecule has 0 heterocycles. The molecule has 6 unspecified atom stereocenters. The number of carboxylic acid groups (broad SMARTS) is 1. The quantitative estimate of drug-likeness (QED) is 0.167. The van der Waals surface area contributed by atoms with Gasteiger partial charge in [0.15, 0.2) is 6.04 Å². The third-order valence-corrected chi connectivity index (χ3v) is 4.97. The highest BCUT2D eigenvalue weighted by atomic mass is 32.2. The van der Waals surface area contributed by atoms with Crippen LogP contribution in [-0.4, -0.2) is 87.4 Å². The van der Waals surface area contributed by atoms with E-state index in [0.717, 1.165) is 0 Å². The van der Waals surface area contributed by atoms with Crippen molar-refractivity contribution in [3.63, 3.8) is 0 Å². The molecule has 0 saturated carbocycles. The average molecular weight is 451 g/mol. The van der Waals surface area contributed by atoms with Gasteiger partial charge in [-0.3, -0.25) is 14.4 Å². The number of hydrogen-bond acceptors (Lipinski definition) is 8. The first kappa shape index (κ1) is 28.1. The van der Waals surface area contributed by atoms with Gasteiger partial charge in [0.2, 0.25) is 17.7 Å². The second kappa shape index (κ2) is 13.4. The molecule has 0 aliphatic rings. The fourth-order valence-electron chi connectivity index (χ4n) is 2.45. The van der Waals surface area contributed by atoms with Gasteiger partial charge in [0.25, 0.3) is 0 Å². The van der Waals surface area contributed by atoms with Gasteiger partial charge >= 0.3 is 5.97 Å². The summed E-state index contributed by atoms with van der Waals surface area (Å²) in [5, 5.41) is 35.5. The summed E-state index contributed by atoms with van der Waals surface area (Å²) in [5.74, 6) is -3.40. The lowest BCUT2D eigenvalue weighted by atomic mass is 10.0. The van der Waals surface area contributed by atoms with Crippen LogP contribution in [-0.2, 0) is 19.2 Å². The van der Waals surface area contributed by atoms with E-state index in [0.29, 0.717) is 12.2 Å². The van der Waals surface area contributed by atoms with Crippen LogP contribution in [0.15, 0.2) is 0 Å². The van der Waals surface area contributed by atoms with Crippen molar-refractivity contribution >= 4 is 35.5 Å². The molecule has 0 spiro atoms. The molecule has 0 aliphatic carbocycles. The van der Waals surface area contributed by atoms with Gasteiger partial charge < -0.3 is 37.0 Å². The Hall–Kier alpha value is -1.89. The fraction of sp³-hybridized carbons (Fsp3) is 0.778. The minimum Gasteiger partial charge on any atom is -0.480 e. The monoisotopic (exact) mass is 450 g/mol. The van der Waals surface area contributed by atoms with Crippen LogP contribution in [0.2, 0.25) is 0 Å². The molecule has 3 amide bonds. The summed E-state index contributed by atoms with van der Waals surface area (Å²) in [7, 11) is 0. The standard InChI is InChI=1S/C18H34N4O7S/c1-8(2)12(20-15(25)11(19)6-7-30-5)16(26)21-13(9(3)23)17(27)22-14(10(4)24)18(28)29/h8-14,23-24H,6-7,19H2,1-5H3,(H,20,25)(H,21,26)(H,22,27)(H,28,29). The van der Waals surface area contributed by atoms with Crippen molar-refractivity contribution < 1.29 is 34.5 Å². The van der Waals surface area contributed by atoms with Gasteiger partial charge in [-0.2, -0.15) is 11.8 Å². The Morgan fingerprint density at radius 2 is 1.27 bits per heavy atom. The molecule has 0 rings (SSSR count). The lowest BCUT2D eigenvalue weighted by Gasteiger charge is -2.28. The van der Waals surface area contributed by atoms with E-state index in [2.05, 4.69) is 16.0 Å². The topological polar surface area (TPSA) is 191 Å². The number of aliphatic carboxylic acids is 1. The van der Waals surface area contributed by atoms with E-state index in [1.165, 1.54) is 25.6 Å². The zero-order valence-electron chi connectivity index (χ0n) is 17.9. The fourth-order valence-corrected chi connectivity index (χ4v) is 2.94. The van der Waals surface area contributed by atoms with E-state index >= 15 is 0 Å². The first-order valence-corrected chi connectivity index (χ1v) is 11.0. The summed E-state index contributed by atoms with van der Waals surface area (Å²) < 4.78 is 0. The van der Waals surface area contributed by atoms with Crippen molar-refractivity contribution in [2.45, 2.75) is 70.5 Å². The SMILES string of the molecule is CSCCC(N)C(=O)NC(C(=O)NC(C(=O)NC(C(=O)O)C(C)O)C(C)O)C(C)C. The summed E-state index contributed by atoms with van der Waals surface area (Å²) in [6.45, 7) is 5.79. The number of carboxylic acids is 1. The molecule has 8 N–H and O–H groups in total. The summed E-state index contributed by atoms with van der Waals surface area (Å²) >= 11 is 1.53. The maximum atomic E-state index is 12.7. The highest BCUT2D eigenvalue weighted by molar-refractivity contribution is 7.98. The first-order chi connectivity index (χ1) is 13.8. The number of amides is 3. The molecule has 0 aromatic heterocycles. The molecular weight excluding hydrogens is 416 g/mol. The van der Waals surface area contributed by atoms with Crippen molar-refractivity contribution in [3.8, 4) is 0 Å². The van der Waals surface area contributed by atoms with E-state index < -0.39 is 60.1 Å². The van der Waals surface area contributed by atoms with Crippen LogP contribution in [0.5, 0.6) is 0 Å². The average Bonchev–Trinajstić information content (AvgIpc) is 2.64. The van der Waals surface area contributed by atoms with Gasteiger partial charge in [0.1, 0.15) is 12.1 Å². The van der Waals surface area contributed by atoms with Crippen molar-refractivity contribution in [3.05, 3.63) is 0 Å². The Morgan fingerprint density at radius 1 is 0.833 bits per heavy atom. The number of thioether (sulfide) groups is 1. The lowest BCUT2D eigenvalue weighted by molar-refractivity contribution is -0.146. The highest BCUT2D eigenvalue weighted by Crippen LogP contribution is 2.06. The van der Waals surface area contributed by atoms with Crippen LogP contribution >= 0.6 is 11.8 Å². The largest absolute Gasteiger partial charge is 0.480 e. The lowest BCUT2D eigenvalue weighted by Crippen LogP contribution is -2.61. The second-order valence-electron chi connectivity index (χ2n) is 7.41. The van der Waals surface area contributed by atoms with Gasteiger partial charge in [-0.15, -0.1) is 0 Å².